The maximum Gasteiger partial charge on any atom is 0.261 e. The van der Waals surface area contributed by atoms with Gasteiger partial charge in [-0.1, -0.05) is 73.7 Å². The first-order chi connectivity index (χ1) is 17.3. The van der Waals surface area contributed by atoms with Gasteiger partial charge in [-0.2, -0.15) is 0 Å². The molecule has 2 amide bonds. The third-order valence-corrected chi connectivity index (χ3v) is 6.78. The number of aryl methyl sites for hydroxylation is 2. The Morgan fingerprint density at radius 1 is 0.889 bits per heavy atom. The Balaban J connectivity index is 1.94. The molecule has 0 unspecified atom stereocenters. The van der Waals surface area contributed by atoms with E-state index in [2.05, 4.69) is 5.32 Å². The number of nitrogens with zero attached hydrogens (tertiary/aromatic N) is 1. The van der Waals surface area contributed by atoms with Gasteiger partial charge < -0.3 is 15.0 Å². The molecule has 0 saturated heterocycles. The molecule has 0 fully saturated rings. The number of nitrogens with one attached hydrogen (secondary N) is 1. The lowest BCUT2D eigenvalue weighted by atomic mass is 10.0. The number of carbonyl (C=O) groups is 2. The molecular weight excluding hydrogens is 448 g/mol. The molecule has 0 aliphatic heterocycles. The minimum atomic E-state index is -0.671. The molecule has 0 saturated carbocycles. The van der Waals surface area contributed by atoms with Crippen molar-refractivity contribution in [1.29, 1.82) is 0 Å². The molecule has 0 aliphatic carbocycles. The first-order valence-corrected chi connectivity index (χ1v) is 12.7. The van der Waals surface area contributed by atoms with Crippen LogP contribution in [0.5, 0.6) is 5.75 Å². The first-order valence-electron chi connectivity index (χ1n) is 12.7. The fourth-order valence-electron chi connectivity index (χ4n) is 4.07. The van der Waals surface area contributed by atoms with Gasteiger partial charge in [0.25, 0.3) is 5.91 Å². The Bertz CT molecular complexity index is 1160. The van der Waals surface area contributed by atoms with Crippen molar-refractivity contribution in [2.75, 3.05) is 6.61 Å². The molecule has 1 N–H and O–H groups in total. The number of carbonyl (C=O) groups excluding carboxylic acids is 2. The molecule has 0 bridgehead atoms. The minimum Gasteiger partial charge on any atom is -0.483 e. The fourth-order valence-corrected chi connectivity index (χ4v) is 4.07. The summed E-state index contributed by atoms with van der Waals surface area (Å²) in [4.78, 5) is 29.0. The predicted octanol–water partition coefficient (Wildman–Crippen LogP) is 5.55. The average Bonchev–Trinajstić information content (AvgIpc) is 2.88. The zero-order chi connectivity index (χ0) is 26.1. The lowest BCUT2D eigenvalue weighted by molar-refractivity contribution is -0.143. The Morgan fingerprint density at radius 2 is 1.56 bits per heavy atom. The maximum absolute atomic E-state index is 13.7. The van der Waals surface area contributed by atoms with Gasteiger partial charge in [-0.25, -0.2) is 0 Å². The molecule has 0 spiro atoms. The van der Waals surface area contributed by atoms with Crippen molar-refractivity contribution < 1.29 is 14.3 Å². The van der Waals surface area contributed by atoms with Gasteiger partial charge in [0.05, 0.1) is 0 Å². The van der Waals surface area contributed by atoms with E-state index in [-0.39, 0.29) is 24.5 Å². The smallest absolute Gasteiger partial charge is 0.261 e. The van der Waals surface area contributed by atoms with Crippen LogP contribution >= 0.6 is 0 Å². The van der Waals surface area contributed by atoms with E-state index in [4.69, 9.17) is 4.74 Å². The molecule has 190 valence electrons. The minimum absolute atomic E-state index is 0.0115. The number of rotatable bonds is 11. The van der Waals surface area contributed by atoms with Crippen LogP contribution in [-0.4, -0.2) is 35.4 Å². The summed E-state index contributed by atoms with van der Waals surface area (Å²) in [7, 11) is 0. The van der Waals surface area contributed by atoms with Crippen molar-refractivity contribution in [2.45, 2.75) is 66.1 Å². The lowest BCUT2D eigenvalue weighted by Gasteiger charge is -2.32. The molecule has 0 heterocycles. The van der Waals surface area contributed by atoms with E-state index >= 15 is 0 Å². The van der Waals surface area contributed by atoms with E-state index < -0.39 is 6.04 Å². The van der Waals surface area contributed by atoms with Crippen molar-refractivity contribution in [3.63, 3.8) is 0 Å². The van der Waals surface area contributed by atoms with Crippen LogP contribution in [0.1, 0.15) is 48.1 Å². The summed E-state index contributed by atoms with van der Waals surface area (Å²) < 4.78 is 5.99. The average molecular weight is 487 g/mol. The highest BCUT2D eigenvalue weighted by molar-refractivity contribution is 5.88. The SMILES string of the molecule is CC[C@H](C)NC(=O)[C@@H](Cc1ccccc1)N(Cc1ccccc1C)C(=O)COc1cccc(C)c1C. The maximum atomic E-state index is 13.7. The summed E-state index contributed by atoms with van der Waals surface area (Å²) in [6.45, 7) is 10.2. The quantitative estimate of drug-likeness (QED) is 0.387. The Kier molecular flexibility index (Phi) is 9.69. The Labute approximate surface area is 215 Å². The lowest BCUT2D eigenvalue weighted by Crippen LogP contribution is -2.53. The largest absolute Gasteiger partial charge is 0.483 e. The third kappa shape index (κ3) is 7.20. The van der Waals surface area contributed by atoms with Crippen molar-refractivity contribution in [3.05, 3.63) is 101 Å². The molecular formula is C31H38N2O3. The summed E-state index contributed by atoms with van der Waals surface area (Å²) in [5.74, 6) is 0.309. The van der Waals surface area contributed by atoms with Gasteiger partial charge in [-0.15, -0.1) is 0 Å². The van der Waals surface area contributed by atoms with Crippen molar-refractivity contribution in [3.8, 4) is 5.75 Å². The summed E-state index contributed by atoms with van der Waals surface area (Å²) >= 11 is 0. The Morgan fingerprint density at radius 3 is 2.25 bits per heavy atom. The topological polar surface area (TPSA) is 58.6 Å². The summed E-state index contributed by atoms with van der Waals surface area (Å²) in [6.07, 6.45) is 1.23. The summed E-state index contributed by atoms with van der Waals surface area (Å²) in [5.41, 5.74) is 5.19. The van der Waals surface area contributed by atoms with E-state index in [1.165, 1.54) is 0 Å². The highest BCUT2D eigenvalue weighted by Crippen LogP contribution is 2.22. The van der Waals surface area contributed by atoms with Gasteiger partial charge >= 0.3 is 0 Å². The van der Waals surface area contributed by atoms with Crippen LogP contribution in [0.4, 0.5) is 0 Å². The monoisotopic (exact) mass is 486 g/mol. The van der Waals surface area contributed by atoms with Crippen molar-refractivity contribution in [1.82, 2.24) is 10.2 Å². The van der Waals surface area contributed by atoms with Gasteiger partial charge in [0.2, 0.25) is 5.91 Å². The zero-order valence-electron chi connectivity index (χ0n) is 22.1. The molecule has 2 atom stereocenters. The van der Waals surface area contributed by atoms with Crippen molar-refractivity contribution >= 4 is 11.8 Å². The molecule has 0 aromatic heterocycles. The molecule has 3 rings (SSSR count). The first kappa shape index (κ1) is 27.0. The number of hydrogen-bond acceptors (Lipinski definition) is 3. The number of amides is 2. The number of benzene rings is 3. The highest BCUT2D eigenvalue weighted by atomic mass is 16.5. The zero-order valence-corrected chi connectivity index (χ0v) is 22.1. The van der Waals surface area contributed by atoms with Crippen molar-refractivity contribution in [2.24, 2.45) is 0 Å². The molecule has 3 aromatic carbocycles. The van der Waals surface area contributed by atoms with Gasteiger partial charge in [-0.3, -0.25) is 9.59 Å². The van der Waals surface area contributed by atoms with E-state index in [9.17, 15) is 9.59 Å². The molecule has 5 heteroatoms. The second-order valence-electron chi connectivity index (χ2n) is 9.46. The Hall–Kier alpha value is -3.60. The standard InChI is InChI=1S/C31H38N2O3/c1-6-24(4)32-31(35)28(19-26-15-8-7-9-16-26)33(20-27-17-11-10-13-23(27)3)30(34)21-36-29-18-12-14-22(2)25(29)5/h7-18,24,28H,6,19-21H2,1-5H3,(H,32,35)/t24-,28+/m0/s1. The van der Waals surface area contributed by atoms with Crippen LogP contribution in [0.2, 0.25) is 0 Å². The van der Waals surface area contributed by atoms with Crippen LogP contribution in [0.15, 0.2) is 72.8 Å². The van der Waals surface area contributed by atoms with Crippen LogP contribution in [0.25, 0.3) is 0 Å². The number of ether oxygens (including phenoxy) is 1. The van der Waals surface area contributed by atoms with Gasteiger partial charge in [0, 0.05) is 19.0 Å². The van der Waals surface area contributed by atoms with E-state index in [0.29, 0.717) is 18.7 Å². The molecule has 3 aromatic rings. The molecule has 0 aliphatic rings. The fraction of sp³-hybridized carbons (Fsp3) is 0.355. The second kappa shape index (κ2) is 12.9. The van der Waals surface area contributed by atoms with E-state index in [1.807, 2.05) is 107 Å². The molecule has 0 radical (unpaired) electrons. The van der Waals surface area contributed by atoms with E-state index in [1.54, 1.807) is 4.90 Å². The van der Waals surface area contributed by atoms with Crippen LogP contribution in [0, 0.1) is 20.8 Å². The third-order valence-electron chi connectivity index (χ3n) is 6.78. The normalized spacial score (nSPS) is 12.5. The predicted molar refractivity (Wildman–Crippen MR) is 145 cm³/mol. The van der Waals surface area contributed by atoms with Gasteiger partial charge in [-0.05, 0) is 68.0 Å². The number of hydrogen-bond donors (Lipinski definition) is 1. The molecule has 36 heavy (non-hydrogen) atoms. The summed E-state index contributed by atoms with van der Waals surface area (Å²) in [5, 5.41) is 3.10. The summed E-state index contributed by atoms with van der Waals surface area (Å²) in [6, 6.07) is 23.0. The van der Waals surface area contributed by atoms with Crippen LogP contribution < -0.4 is 10.1 Å². The molecule has 5 nitrogen and oxygen atoms in total. The van der Waals surface area contributed by atoms with Gasteiger partial charge in [0.1, 0.15) is 11.8 Å². The van der Waals surface area contributed by atoms with Gasteiger partial charge in [0.15, 0.2) is 6.61 Å². The van der Waals surface area contributed by atoms with Crippen LogP contribution in [-0.2, 0) is 22.6 Å². The van der Waals surface area contributed by atoms with E-state index in [0.717, 1.165) is 34.2 Å². The van der Waals surface area contributed by atoms with Crippen LogP contribution in [0.3, 0.4) is 0 Å². The highest BCUT2D eigenvalue weighted by Gasteiger charge is 2.31. The second-order valence-corrected chi connectivity index (χ2v) is 9.46.